The van der Waals surface area contributed by atoms with Gasteiger partial charge in [0.25, 0.3) is 0 Å². The van der Waals surface area contributed by atoms with Crippen LogP contribution in [-0.4, -0.2) is 91.8 Å². The molecule has 0 aliphatic carbocycles. The molecule has 0 saturated heterocycles. The molecule has 23 heteroatoms. The van der Waals surface area contributed by atoms with Crippen molar-refractivity contribution in [3.8, 4) is 0 Å². The number of hydrogen-bond donors (Lipinski definition) is 1. The van der Waals surface area contributed by atoms with Gasteiger partial charge < -0.3 is 19.0 Å². The minimum atomic E-state index is -2.25. The van der Waals surface area contributed by atoms with Crippen molar-refractivity contribution in [1.82, 2.24) is 27.9 Å². The number of ether oxygens (including phenoxy) is 2. The maximum absolute atomic E-state index is 13.1. The van der Waals surface area contributed by atoms with Crippen molar-refractivity contribution in [3.05, 3.63) is 88.3 Å². The zero-order valence-electron chi connectivity index (χ0n) is 30.1. The van der Waals surface area contributed by atoms with E-state index in [0.29, 0.717) is 0 Å². The van der Waals surface area contributed by atoms with Gasteiger partial charge in [-0.25, -0.2) is 29.1 Å². The molecule has 286 valence electrons. The largest absolute Gasteiger partial charge is 0.461 e. The number of rotatable bonds is 14. The molecule has 0 aliphatic heterocycles. The molecule has 2 unspecified atom stereocenters. The fourth-order valence-electron chi connectivity index (χ4n) is 4.81. The van der Waals surface area contributed by atoms with Crippen LogP contribution in [-0.2, 0) is 27.0 Å². The van der Waals surface area contributed by atoms with Gasteiger partial charge in [0.2, 0.25) is 0 Å². The molecule has 0 amide bonds. The Labute approximate surface area is 313 Å². The van der Waals surface area contributed by atoms with Gasteiger partial charge in [-0.05, 0) is 43.0 Å². The fourth-order valence-corrected chi connectivity index (χ4v) is 6.44. The highest BCUT2D eigenvalue weighted by Crippen LogP contribution is 2.37. The number of esters is 2. The van der Waals surface area contributed by atoms with Crippen molar-refractivity contribution < 1.29 is 28.6 Å². The third-order valence-corrected chi connectivity index (χ3v) is 13.1. The third-order valence-electron chi connectivity index (χ3n) is 8.20. The van der Waals surface area contributed by atoms with E-state index < -0.39 is 43.8 Å². The molecule has 2 atom stereocenters. The lowest BCUT2D eigenvalue weighted by molar-refractivity contribution is 0.0501. The molecule has 1 N–H and O–H groups in total. The predicted molar refractivity (Wildman–Crippen MR) is 197 cm³/mol. The Morgan fingerprint density at radius 3 is 1.72 bits per heavy atom. The van der Waals surface area contributed by atoms with Crippen LogP contribution in [0.15, 0.2) is 44.6 Å². The zero-order chi connectivity index (χ0) is 39.7. The van der Waals surface area contributed by atoms with E-state index in [-0.39, 0.29) is 77.2 Å². The maximum atomic E-state index is 13.1. The number of aromatic nitrogens is 6. The molecule has 53 heavy (non-hydrogen) atoms. The van der Waals surface area contributed by atoms with E-state index >= 15 is 0 Å². The Bertz CT molecular complexity index is 2180. The van der Waals surface area contributed by atoms with Crippen LogP contribution in [0.5, 0.6) is 0 Å². The molecule has 0 aromatic carbocycles. The molecule has 4 aromatic heterocycles. The highest BCUT2D eigenvalue weighted by Gasteiger charge is 2.39. The molecule has 4 aromatic rings. The quantitative estimate of drug-likeness (QED) is 0.0585. The van der Waals surface area contributed by atoms with Crippen molar-refractivity contribution in [2.24, 2.45) is 10.2 Å². The van der Waals surface area contributed by atoms with E-state index in [9.17, 15) is 24.3 Å². The second-order valence-electron chi connectivity index (χ2n) is 12.8. The number of hydrogen-bond acceptors (Lipinski definition) is 12. The standard InChI is InChI=1S/C18H27ClN6O4Si.C12H13ClN6O4/c1-7-28-16(26)15-13-9-21-14(19)11-24(13)17(27)25(15)10-12(8-22-23-20)29-30(5,6)18(2,3)4;1-2-23-11(21)10-8-4-15-9(13)6-18(8)12(22)19(10)5-7(20)3-16-17-14/h9,11-12H,7-8,10H2,1-6H3;4,6-7,20H,2-3,5H2,1H3. The fraction of sp³-hybridized carbons (Fsp3) is 0.533. The maximum Gasteiger partial charge on any atom is 0.357 e. The van der Waals surface area contributed by atoms with Crippen LogP contribution in [0.25, 0.3) is 31.9 Å². The topological polar surface area (TPSA) is 258 Å². The number of aliphatic hydroxyl groups is 1. The predicted octanol–water partition coefficient (Wildman–Crippen LogP) is 5.02. The van der Waals surface area contributed by atoms with Gasteiger partial charge in [0.1, 0.15) is 10.3 Å². The van der Waals surface area contributed by atoms with Crippen molar-refractivity contribution in [2.75, 3.05) is 26.3 Å². The van der Waals surface area contributed by atoms with Crippen molar-refractivity contribution >= 4 is 54.5 Å². The van der Waals surface area contributed by atoms with Gasteiger partial charge in [0.05, 0.1) is 87.4 Å². The molecule has 4 rings (SSSR count). The summed E-state index contributed by atoms with van der Waals surface area (Å²) in [6, 6.07) is 0. The van der Waals surface area contributed by atoms with Crippen LogP contribution >= 0.6 is 23.2 Å². The summed E-state index contributed by atoms with van der Waals surface area (Å²) in [6.07, 6.45) is 3.48. The molecule has 0 fully saturated rings. The average Bonchev–Trinajstić information content (AvgIpc) is 3.51. The Kier molecular flexibility index (Phi) is 14.6. The van der Waals surface area contributed by atoms with Crippen LogP contribution in [0.2, 0.25) is 28.4 Å². The first-order valence-corrected chi connectivity index (χ1v) is 19.8. The van der Waals surface area contributed by atoms with Crippen LogP contribution < -0.4 is 11.4 Å². The summed E-state index contributed by atoms with van der Waals surface area (Å²) in [5.74, 6) is -1.39. The zero-order valence-corrected chi connectivity index (χ0v) is 32.6. The second-order valence-corrected chi connectivity index (χ2v) is 18.4. The third kappa shape index (κ3) is 10.2. The Balaban J connectivity index is 0.000000295. The van der Waals surface area contributed by atoms with Crippen LogP contribution in [0.3, 0.4) is 0 Å². The molecular weight excluding hydrogens is 755 g/mol. The first kappa shape index (κ1) is 42.5. The lowest BCUT2D eigenvalue weighted by atomic mass is 10.2. The summed E-state index contributed by atoms with van der Waals surface area (Å²) < 4.78 is 21.2. The number of aliphatic hydroxyl groups excluding tert-OH is 1. The van der Waals surface area contributed by atoms with E-state index in [0.717, 1.165) is 8.97 Å². The minimum Gasteiger partial charge on any atom is -0.461 e. The van der Waals surface area contributed by atoms with Crippen LogP contribution in [0.1, 0.15) is 55.6 Å². The smallest absolute Gasteiger partial charge is 0.357 e. The molecule has 0 bridgehead atoms. The molecular formula is C30H40Cl2N12O8Si. The number of halogens is 2. The van der Waals surface area contributed by atoms with E-state index in [1.165, 1.54) is 33.8 Å². The first-order chi connectivity index (χ1) is 24.9. The molecule has 0 aliphatic rings. The summed E-state index contributed by atoms with van der Waals surface area (Å²) >= 11 is 11.7. The number of azide groups is 2. The summed E-state index contributed by atoms with van der Waals surface area (Å²) in [6.45, 7) is 13.5. The molecule has 0 radical (unpaired) electrons. The minimum absolute atomic E-state index is 0.0117. The molecule has 0 spiro atoms. The Morgan fingerprint density at radius 2 is 1.30 bits per heavy atom. The Morgan fingerprint density at radius 1 is 0.868 bits per heavy atom. The van der Waals surface area contributed by atoms with E-state index in [4.69, 9.17) is 48.2 Å². The Hall–Kier alpha value is -4.88. The van der Waals surface area contributed by atoms with Gasteiger partial charge in [-0.1, -0.05) is 54.2 Å². The monoisotopic (exact) mass is 794 g/mol. The SMILES string of the molecule is CCOC(=O)c1c2cnc(Cl)cn2c(=O)n1CC(CN=[N+]=[N-])O[Si](C)(C)C(C)(C)C.CCOC(=O)c1c2cnc(Cl)cn2c(=O)n1CC(O)CN=[N+]=[N-]. The first-order valence-electron chi connectivity index (χ1n) is 16.2. The van der Waals surface area contributed by atoms with Crippen molar-refractivity contribution in [2.45, 2.75) is 78.0 Å². The molecule has 20 nitrogen and oxygen atoms in total. The number of carbonyl (C=O) groups excluding carboxylic acids is 2. The van der Waals surface area contributed by atoms with E-state index in [1.807, 2.05) is 0 Å². The van der Waals surface area contributed by atoms with E-state index in [1.54, 1.807) is 13.8 Å². The van der Waals surface area contributed by atoms with Gasteiger partial charge in [-0.2, -0.15) is 0 Å². The summed E-state index contributed by atoms with van der Waals surface area (Å²) in [5, 5.41) is 16.8. The van der Waals surface area contributed by atoms with Crippen LogP contribution in [0, 0.1) is 0 Å². The summed E-state index contributed by atoms with van der Waals surface area (Å²) in [4.78, 5) is 63.5. The summed E-state index contributed by atoms with van der Waals surface area (Å²) in [5.41, 5.74) is 16.5. The highest BCUT2D eigenvalue weighted by molar-refractivity contribution is 6.74. The second kappa shape index (κ2) is 18.2. The van der Waals surface area contributed by atoms with Gasteiger partial charge in [0.15, 0.2) is 19.7 Å². The normalized spacial score (nSPS) is 12.6. The van der Waals surface area contributed by atoms with E-state index in [2.05, 4.69) is 63.9 Å². The average molecular weight is 796 g/mol. The van der Waals surface area contributed by atoms with Gasteiger partial charge in [0, 0.05) is 9.82 Å². The number of fused-ring (bicyclic) bond motifs is 2. The lowest BCUT2D eigenvalue weighted by Gasteiger charge is -2.39. The van der Waals surface area contributed by atoms with Gasteiger partial charge in [-0.15, -0.1) is 0 Å². The number of nitrogens with zero attached hydrogens (tertiary/aromatic N) is 12. The molecule has 4 heterocycles. The molecule has 0 saturated carbocycles. The van der Waals surface area contributed by atoms with Gasteiger partial charge >= 0.3 is 23.3 Å². The number of imidazole rings is 2. The summed E-state index contributed by atoms with van der Waals surface area (Å²) in [7, 11) is -2.25. The highest BCUT2D eigenvalue weighted by atomic mass is 35.5. The lowest BCUT2D eigenvalue weighted by Crippen LogP contribution is -2.46. The van der Waals surface area contributed by atoms with Crippen molar-refractivity contribution in [1.29, 1.82) is 0 Å². The van der Waals surface area contributed by atoms with Crippen LogP contribution in [0.4, 0.5) is 0 Å². The van der Waals surface area contributed by atoms with Gasteiger partial charge in [-0.3, -0.25) is 17.9 Å². The number of carbonyl (C=O) groups is 2. The van der Waals surface area contributed by atoms with Crippen molar-refractivity contribution in [3.63, 3.8) is 0 Å².